The maximum absolute atomic E-state index is 6.43. The van der Waals surface area contributed by atoms with Gasteiger partial charge in [-0.2, -0.15) is 0 Å². The van der Waals surface area contributed by atoms with Gasteiger partial charge in [0.25, 0.3) is 0 Å². The first-order chi connectivity index (χ1) is 10.7. The molecule has 0 bridgehead atoms. The van der Waals surface area contributed by atoms with Crippen molar-refractivity contribution in [2.24, 2.45) is 0 Å². The Morgan fingerprint density at radius 2 is 1.82 bits per heavy atom. The fourth-order valence-electron chi connectivity index (χ4n) is 3.32. The summed E-state index contributed by atoms with van der Waals surface area (Å²) in [7, 11) is 3.75. The molecule has 4 rings (SSSR count). The van der Waals surface area contributed by atoms with Crippen molar-refractivity contribution in [1.29, 1.82) is 0 Å². The molecule has 0 amide bonds. The normalized spacial score (nSPS) is 11.8. The highest BCUT2D eigenvalue weighted by atomic mass is 35.5. The van der Waals surface area contributed by atoms with Crippen LogP contribution in [0.25, 0.3) is 22.2 Å². The largest absolute Gasteiger partial charge is 0.335 e. The highest BCUT2D eigenvalue weighted by Crippen LogP contribution is 2.42. The SMILES string of the molecule is CCc1c2n(c3c(Cl)cccc13)Cc1ccccc1-2.CNC. The molecule has 1 aliphatic rings. The topological polar surface area (TPSA) is 17.0 Å². The molecular formula is C19H21ClN2. The van der Waals surface area contributed by atoms with E-state index in [0.717, 1.165) is 18.0 Å². The van der Waals surface area contributed by atoms with E-state index in [4.69, 9.17) is 11.6 Å². The Morgan fingerprint density at radius 3 is 2.55 bits per heavy atom. The van der Waals surface area contributed by atoms with Crippen LogP contribution in [0.2, 0.25) is 5.02 Å². The minimum Gasteiger partial charge on any atom is -0.335 e. The number of hydrogen-bond acceptors (Lipinski definition) is 1. The molecule has 22 heavy (non-hydrogen) atoms. The van der Waals surface area contributed by atoms with Crippen molar-refractivity contribution in [2.75, 3.05) is 14.1 Å². The summed E-state index contributed by atoms with van der Waals surface area (Å²) in [4.78, 5) is 0. The monoisotopic (exact) mass is 312 g/mol. The summed E-state index contributed by atoms with van der Waals surface area (Å²) in [5, 5.41) is 4.91. The van der Waals surface area contributed by atoms with Gasteiger partial charge in [0.15, 0.2) is 0 Å². The van der Waals surface area contributed by atoms with Gasteiger partial charge in [-0.05, 0) is 37.7 Å². The maximum Gasteiger partial charge on any atom is 0.0680 e. The first-order valence-electron chi connectivity index (χ1n) is 7.69. The molecule has 1 N–H and O–H groups in total. The second-order valence-corrected chi connectivity index (χ2v) is 5.97. The molecule has 3 aromatic rings. The highest BCUT2D eigenvalue weighted by molar-refractivity contribution is 6.35. The summed E-state index contributed by atoms with van der Waals surface area (Å²) in [5.41, 5.74) is 6.73. The van der Waals surface area contributed by atoms with Crippen LogP contribution in [0.4, 0.5) is 0 Å². The van der Waals surface area contributed by atoms with E-state index in [1.54, 1.807) is 0 Å². The van der Waals surface area contributed by atoms with E-state index in [1.807, 2.05) is 26.2 Å². The Hall–Kier alpha value is -1.77. The van der Waals surface area contributed by atoms with Gasteiger partial charge in [0, 0.05) is 17.5 Å². The summed E-state index contributed by atoms with van der Waals surface area (Å²) in [6.07, 6.45) is 1.04. The summed E-state index contributed by atoms with van der Waals surface area (Å²) in [6.45, 7) is 3.16. The van der Waals surface area contributed by atoms with Crippen LogP contribution in [0.15, 0.2) is 42.5 Å². The quantitative estimate of drug-likeness (QED) is 0.538. The van der Waals surface area contributed by atoms with Crippen molar-refractivity contribution in [2.45, 2.75) is 19.9 Å². The summed E-state index contributed by atoms with van der Waals surface area (Å²) < 4.78 is 2.38. The van der Waals surface area contributed by atoms with Gasteiger partial charge < -0.3 is 9.88 Å². The lowest BCUT2D eigenvalue weighted by Crippen LogP contribution is -1.92. The van der Waals surface area contributed by atoms with Crippen LogP contribution < -0.4 is 5.32 Å². The number of nitrogens with one attached hydrogen (secondary N) is 1. The molecule has 114 valence electrons. The van der Waals surface area contributed by atoms with Crippen molar-refractivity contribution >= 4 is 22.5 Å². The molecule has 0 atom stereocenters. The number of aryl methyl sites for hydroxylation is 1. The summed E-state index contributed by atoms with van der Waals surface area (Å²) >= 11 is 6.43. The molecule has 0 unspecified atom stereocenters. The second kappa shape index (κ2) is 6.15. The van der Waals surface area contributed by atoms with Crippen LogP contribution in [0.5, 0.6) is 0 Å². The van der Waals surface area contributed by atoms with Gasteiger partial charge >= 0.3 is 0 Å². The Bertz CT molecular complexity index is 818. The van der Waals surface area contributed by atoms with Crippen molar-refractivity contribution in [3.05, 3.63) is 58.6 Å². The Kier molecular flexibility index (Phi) is 4.23. The molecular weight excluding hydrogens is 292 g/mol. The van der Waals surface area contributed by atoms with Crippen LogP contribution in [0.3, 0.4) is 0 Å². The number of para-hydroxylation sites is 1. The standard InChI is InChI=1S/C17H14ClN.C2H7N/c1-2-12-14-8-5-9-15(18)17(14)19-10-11-6-3-4-7-13(11)16(12)19;1-3-2/h3-9H,2,10H2,1H3;3H,1-2H3. The fraction of sp³-hybridized carbons (Fsp3) is 0.263. The number of nitrogens with zero attached hydrogens (tertiary/aromatic N) is 1. The average molecular weight is 313 g/mol. The Balaban J connectivity index is 0.000000446. The first-order valence-corrected chi connectivity index (χ1v) is 8.07. The smallest absolute Gasteiger partial charge is 0.0680 e. The van der Waals surface area contributed by atoms with Gasteiger partial charge in [0.2, 0.25) is 0 Å². The molecule has 0 saturated heterocycles. The molecule has 1 aliphatic heterocycles. The summed E-state index contributed by atoms with van der Waals surface area (Å²) in [5.74, 6) is 0. The molecule has 0 saturated carbocycles. The van der Waals surface area contributed by atoms with E-state index in [0.29, 0.717) is 0 Å². The van der Waals surface area contributed by atoms with Gasteiger partial charge in [-0.15, -0.1) is 0 Å². The average Bonchev–Trinajstić information content (AvgIpc) is 3.02. The van der Waals surface area contributed by atoms with Gasteiger partial charge in [-0.3, -0.25) is 0 Å². The van der Waals surface area contributed by atoms with E-state index in [2.05, 4.69) is 47.1 Å². The van der Waals surface area contributed by atoms with Crippen LogP contribution in [-0.2, 0) is 13.0 Å². The van der Waals surface area contributed by atoms with Gasteiger partial charge in [-0.1, -0.05) is 54.9 Å². The molecule has 3 heteroatoms. The number of benzene rings is 2. The van der Waals surface area contributed by atoms with E-state index in [-0.39, 0.29) is 0 Å². The zero-order valence-electron chi connectivity index (χ0n) is 13.3. The third kappa shape index (κ3) is 2.23. The molecule has 0 spiro atoms. The predicted molar refractivity (Wildman–Crippen MR) is 95.8 cm³/mol. The Morgan fingerprint density at radius 1 is 1.09 bits per heavy atom. The Labute approximate surface area is 136 Å². The zero-order valence-corrected chi connectivity index (χ0v) is 14.0. The van der Waals surface area contributed by atoms with E-state index < -0.39 is 0 Å². The van der Waals surface area contributed by atoms with E-state index >= 15 is 0 Å². The van der Waals surface area contributed by atoms with Crippen molar-refractivity contribution < 1.29 is 0 Å². The molecule has 2 nitrogen and oxygen atoms in total. The van der Waals surface area contributed by atoms with Gasteiger partial charge in [0.1, 0.15) is 0 Å². The van der Waals surface area contributed by atoms with E-state index in [9.17, 15) is 0 Å². The number of halogens is 1. The van der Waals surface area contributed by atoms with Gasteiger partial charge in [0.05, 0.1) is 16.2 Å². The lowest BCUT2D eigenvalue weighted by Gasteiger charge is -2.02. The molecule has 2 aromatic carbocycles. The van der Waals surface area contributed by atoms with Crippen molar-refractivity contribution in [3.8, 4) is 11.3 Å². The highest BCUT2D eigenvalue weighted by Gasteiger charge is 2.25. The fourth-order valence-corrected chi connectivity index (χ4v) is 3.60. The van der Waals surface area contributed by atoms with Crippen LogP contribution in [-0.4, -0.2) is 18.7 Å². The number of hydrogen-bond donors (Lipinski definition) is 1. The van der Waals surface area contributed by atoms with Crippen molar-refractivity contribution in [3.63, 3.8) is 0 Å². The maximum atomic E-state index is 6.43. The zero-order chi connectivity index (χ0) is 15.7. The third-order valence-electron chi connectivity index (χ3n) is 4.09. The molecule has 0 aliphatic carbocycles. The number of fused-ring (bicyclic) bond motifs is 5. The second-order valence-electron chi connectivity index (χ2n) is 5.56. The van der Waals surface area contributed by atoms with Crippen LogP contribution in [0, 0.1) is 0 Å². The van der Waals surface area contributed by atoms with Crippen LogP contribution >= 0.6 is 11.6 Å². The summed E-state index contributed by atoms with van der Waals surface area (Å²) in [6, 6.07) is 14.9. The number of rotatable bonds is 1. The number of aromatic nitrogens is 1. The molecule has 0 radical (unpaired) electrons. The molecule has 1 aromatic heterocycles. The minimum absolute atomic E-state index is 0.853. The van der Waals surface area contributed by atoms with E-state index in [1.165, 1.54) is 33.3 Å². The lowest BCUT2D eigenvalue weighted by molar-refractivity contribution is 0.882. The molecule has 2 heterocycles. The first kappa shape index (κ1) is 15.1. The molecule has 0 fully saturated rings. The van der Waals surface area contributed by atoms with Crippen molar-refractivity contribution in [1.82, 2.24) is 9.88 Å². The predicted octanol–water partition coefficient (Wildman–Crippen LogP) is 4.72. The lowest BCUT2D eigenvalue weighted by atomic mass is 10.0. The minimum atomic E-state index is 0.853. The third-order valence-corrected chi connectivity index (χ3v) is 4.40. The van der Waals surface area contributed by atoms with Crippen LogP contribution in [0.1, 0.15) is 18.1 Å². The van der Waals surface area contributed by atoms with Gasteiger partial charge in [-0.25, -0.2) is 0 Å².